The molecule has 2 aromatic heterocycles. The molecule has 11 heteroatoms. The summed E-state index contributed by atoms with van der Waals surface area (Å²) in [5, 5.41) is 13.4. The van der Waals surface area contributed by atoms with Crippen molar-refractivity contribution in [3.63, 3.8) is 0 Å². The molecule has 0 spiro atoms. The van der Waals surface area contributed by atoms with Gasteiger partial charge in [-0.3, -0.25) is 4.79 Å². The van der Waals surface area contributed by atoms with Crippen LogP contribution in [0.5, 0.6) is 0 Å². The van der Waals surface area contributed by atoms with E-state index in [0.29, 0.717) is 37.2 Å². The van der Waals surface area contributed by atoms with Gasteiger partial charge in [-0.25, -0.2) is 4.79 Å². The molecule has 0 unspecified atom stereocenters. The van der Waals surface area contributed by atoms with Crippen LogP contribution in [-0.4, -0.2) is 39.5 Å². The van der Waals surface area contributed by atoms with E-state index in [1.54, 1.807) is 22.8 Å². The number of anilines is 1. The summed E-state index contributed by atoms with van der Waals surface area (Å²) in [5.74, 6) is 0.0511. The number of aromatic nitrogens is 3. The second-order valence-electron chi connectivity index (χ2n) is 7.23. The molecule has 2 heterocycles. The van der Waals surface area contributed by atoms with Crippen molar-refractivity contribution in [2.75, 3.05) is 18.2 Å². The molecule has 0 atom stereocenters. The van der Waals surface area contributed by atoms with Gasteiger partial charge in [-0.2, -0.15) is 0 Å². The lowest BCUT2D eigenvalue weighted by atomic mass is 9.95. The number of aryl methyl sites for hydroxylation is 1. The van der Waals surface area contributed by atoms with Crippen LogP contribution in [0.2, 0.25) is 10.0 Å². The van der Waals surface area contributed by atoms with E-state index in [9.17, 15) is 9.59 Å². The van der Waals surface area contributed by atoms with Gasteiger partial charge in [-0.1, -0.05) is 35.0 Å². The predicted octanol–water partition coefficient (Wildman–Crippen LogP) is 5.25. The molecule has 0 radical (unpaired) electrons. The number of halogens is 2. The van der Waals surface area contributed by atoms with Gasteiger partial charge in [0.2, 0.25) is 5.91 Å². The number of esters is 1. The SMILES string of the molecule is COC(=O)c1c(NC(=O)CSc2nnc(-c3ccc(Cl)cc3Cl)n2C)sc2c1CCCC2. The molecule has 32 heavy (non-hydrogen) atoms. The van der Waals surface area contributed by atoms with Crippen LogP contribution in [0.4, 0.5) is 5.00 Å². The molecule has 1 amide bonds. The van der Waals surface area contributed by atoms with Crippen molar-refractivity contribution >= 4 is 63.2 Å². The molecule has 1 aromatic carbocycles. The lowest BCUT2D eigenvalue weighted by Gasteiger charge is -2.11. The molecule has 0 bridgehead atoms. The summed E-state index contributed by atoms with van der Waals surface area (Å²) >= 11 is 15.0. The second-order valence-corrected chi connectivity index (χ2v) is 10.1. The Labute approximate surface area is 203 Å². The summed E-state index contributed by atoms with van der Waals surface area (Å²) in [7, 11) is 3.17. The lowest BCUT2D eigenvalue weighted by molar-refractivity contribution is -0.113. The Morgan fingerprint density at radius 1 is 1.25 bits per heavy atom. The highest BCUT2D eigenvalue weighted by molar-refractivity contribution is 7.99. The van der Waals surface area contributed by atoms with Crippen LogP contribution < -0.4 is 5.32 Å². The zero-order valence-corrected chi connectivity index (χ0v) is 20.6. The standard InChI is InChI=1S/C21H20Cl2N4O3S2/c1-27-18(12-8-7-11(22)9-14(12)23)25-26-21(27)31-10-16(28)24-19-17(20(29)30-2)13-5-3-4-6-15(13)32-19/h7-9H,3-6,10H2,1-2H3,(H,24,28). The van der Waals surface area contributed by atoms with Crippen LogP contribution in [0.15, 0.2) is 23.4 Å². The van der Waals surface area contributed by atoms with E-state index < -0.39 is 5.97 Å². The summed E-state index contributed by atoms with van der Waals surface area (Å²) in [5.41, 5.74) is 2.20. The molecule has 7 nitrogen and oxygen atoms in total. The van der Waals surface area contributed by atoms with Crippen LogP contribution >= 0.6 is 46.3 Å². The van der Waals surface area contributed by atoms with E-state index in [-0.39, 0.29) is 11.7 Å². The topological polar surface area (TPSA) is 86.1 Å². The van der Waals surface area contributed by atoms with Gasteiger partial charge >= 0.3 is 5.97 Å². The zero-order valence-electron chi connectivity index (χ0n) is 17.4. The number of benzene rings is 1. The van der Waals surface area contributed by atoms with E-state index in [2.05, 4.69) is 15.5 Å². The van der Waals surface area contributed by atoms with Crippen molar-refractivity contribution in [3.05, 3.63) is 44.2 Å². The molecule has 168 valence electrons. The van der Waals surface area contributed by atoms with Gasteiger partial charge in [0.15, 0.2) is 11.0 Å². The first kappa shape index (κ1) is 23.1. The molecule has 1 aliphatic carbocycles. The minimum Gasteiger partial charge on any atom is -0.465 e. The maximum absolute atomic E-state index is 12.7. The predicted molar refractivity (Wildman–Crippen MR) is 128 cm³/mol. The van der Waals surface area contributed by atoms with Crippen molar-refractivity contribution in [1.29, 1.82) is 0 Å². The number of carbonyl (C=O) groups is 2. The largest absolute Gasteiger partial charge is 0.465 e. The van der Waals surface area contributed by atoms with Gasteiger partial charge in [0, 0.05) is 22.5 Å². The number of fused-ring (bicyclic) bond motifs is 1. The second kappa shape index (κ2) is 9.82. The zero-order chi connectivity index (χ0) is 22.8. The first-order valence-electron chi connectivity index (χ1n) is 9.89. The van der Waals surface area contributed by atoms with Crippen molar-refractivity contribution in [2.24, 2.45) is 7.05 Å². The van der Waals surface area contributed by atoms with Gasteiger partial charge in [-0.05, 0) is 49.4 Å². The summed E-state index contributed by atoms with van der Waals surface area (Å²) < 4.78 is 6.73. The number of amides is 1. The smallest absolute Gasteiger partial charge is 0.341 e. The number of methoxy groups -OCH3 is 1. The number of thioether (sulfide) groups is 1. The maximum atomic E-state index is 12.7. The summed E-state index contributed by atoms with van der Waals surface area (Å²) in [6.07, 6.45) is 3.87. The molecule has 0 fully saturated rings. The Morgan fingerprint density at radius 2 is 2.03 bits per heavy atom. The number of carbonyl (C=O) groups excluding carboxylic acids is 2. The van der Waals surface area contributed by atoms with E-state index in [4.69, 9.17) is 27.9 Å². The molecule has 1 N–H and O–H groups in total. The highest BCUT2D eigenvalue weighted by Gasteiger charge is 2.27. The molecular weight excluding hydrogens is 491 g/mol. The van der Waals surface area contributed by atoms with Crippen LogP contribution in [0.1, 0.15) is 33.6 Å². The third-order valence-electron chi connectivity index (χ3n) is 5.15. The van der Waals surface area contributed by atoms with Crippen LogP contribution in [0.25, 0.3) is 11.4 Å². The fourth-order valence-corrected chi connectivity index (χ4v) is 6.11. The maximum Gasteiger partial charge on any atom is 0.341 e. The van der Waals surface area contributed by atoms with Gasteiger partial charge in [0.05, 0.1) is 23.4 Å². The first-order chi connectivity index (χ1) is 15.4. The third kappa shape index (κ3) is 4.66. The van der Waals surface area contributed by atoms with Gasteiger partial charge < -0.3 is 14.6 Å². The Balaban J connectivity index is 1.47. The van der Waals surface area contributed by atoms with Crippen molar-refractivity contribution < 1.29 is 14.3 Å². The van der Waals surface area contributed by atoms with Crippen LogP contribution in [0, 0.1) is 0 Å². The van der Waals surface area contributed by atoms with E-state index in [1.807, 2.05) is 7.05 Å². The highest BCUT2D eigenvalue weighted by Crippen LogP contribution is 2.38. The number of nitrogens with one attached hydrogen (secondary N) is 1. The Kier molecular flexibility index (Phi) is 7.09. The number of rotatable bonds is 6. The first-order valence-corrected chi connectivity index (χ1v) is 12.4. The Hall–Kier alpha value is -2.07. The van der Waals surface area contributed by atoms with E-state index in [1.165, 1.54) is 30.2 Å². The fraction of sp³-hybridized carbons (Fsp3) is 0.333. The Bertz CT molecular complexity index is 1190. The molecule has 0 aliphatic heterocycles. The number of nitrogens with zero attached hydrogens (tertiary/aromatic N) is 3. The minimum absolute atomic E-state index is 0.115. The van der Waals surface area contributed by atoms with Crippen molar-refractivity contribution in [2.45, 2.75) is 30.8 Å². The average Bonchev–Trinajstić information content (AvgIpc) is 3.31. The number of ether oxygens (including phenoxy) is 1. The molecule has 0 saturated heterocycles. The van der Waals surface area contributed by atoms with E-state index >= 15 is 0 Å². The number of hydrogen-bond acceptors (Lipinski definition) is 7. The minimum atomic E-state index is -0.412. The molecule has 3 aromatic rings. The van der Waals surface area contributed by atoms with Gasteiger partial charge in [-0.15, -0.1) is 21.5 Å². The van der Waals surface area contributed by atoms with Crippen molar-refractivity contribution in [3.8, 4) is 11.4 Å². The number of thiophene rings is 1. The third-order valence-corrected chi connectivity index (χ3v) is 7.93. The average molecular weight is 511 g/mol. The van der Waals surface area contributed by atoms with Gasteiger partial charge in [0.25, 0.3) is 0 Å². The fourth-order valence-electron chi connectivity index (χ4n) is 3.61. The Morgan fingerprint density at radius 3 is 2.78 bits per heavy atom. The summed E-state index contributed by atoms with van der Waals surface area (Å²) in [6, 6.07) is 5.16. The van der Waals surface area contributed by atoms with Crippen molar-refractivity contribution in [1.82, 2.24) is 14.8 Å². The van der Waals surface area contributed by atoms with Crippen LogP contribution in [0.3, 0.4) is 0 Å². The van der Waals surface area contributed by atoms with Crippen LogP contribution in [-0.2, 0) is 29.4 Å². The lowest BCUT2D eigenvalue weighted by Crippen LogP contribution is -2.17. The number of hydrogen-bond donors (Lipinski definition) is 1. The molecular formula is C21H20Cl2N4O3S2. The highest BCUT2D eigenvalue weighted by atomic mass is 35.5. The summed E-state index contributed by atoms with van der Waals surface area (Å²) in [4.78, 5) is 26.2. The quantitative estimate of drug-likeness (QED) is 0.360. The molecule has 1 aliphatic rings. The molecule has 4 rings (SSSR count). The summed E-state index contributed by atoms with van der Waals surface area (Å²) in [6.45, 7) is 0. The normalized spacial score (nSPS) is 13.0. The van der Waals surface area contributed by atoms with Gasteiger partial charge in [0.1, 0.15) is 5.00 Å². The molecule has 0 saturated carbocycles. The van der Waals surface area contributed by atoms with E-state index in [0.717, 1.165) is 36.1 Å². The monoisotopic (exact) mass is 510 g/mol.